The van der Waals surface area contributed by atoms with Crippen LogP contribution in [0.25, 0.3) is 0 Å². The maximum Gasteiger partial charge on any atom is 0.488 e. The van der Waals surface area contributed by atoms with Crippen molar-refractivity contribution < 1.29 is 56.3 Å². The second kappa shape index (κ2) is 12.3. The molecule has 52 heavy (non-hydrogen) atoms. The smallest absolute Gasteiger partial charge is 0.488 e. The van der Waals surface area contributed by atoms with Gasteiger partial charge in [-0.25, -0.2) is 26.9 Å². The Morgan fingerprint density at radius 1 is 0.865 bits per heavy atom. The molecular weight excluding hydrogens is 737 g/mol. The minimum atomic E-state index is -2.80. The number of phenols is 1. The highest BCUT2D eigenvalue weighted by molar-refractivity contribution is 6.59. The minimum absolute atomic E-state index is 0.00411. The molecule has 3 aromatic carbocycles. The number of anilines is 2. The van der Waals surface area contributed by atoms with Crippen molar-refractivity contribution in [1.29, 1.82) is 0 Å². The number of allylic oxidation sites excluding steroid dienone is 3. The van der Waals surface area contributed by atoms with Crippen molar-refractivity contribution in [2.45, 2.75) is 34.9 Å². The van der Waals surface area contributed by atoms with Crippen LogP contribution in [0.4, 0.5) is 33.3 Å². The van der Waals surface area contributed by atoms with Crippen LogP contribution in [-0.2, 0) is 25.6 Å². The van der Waals surface area contributed by atoms with Gasteiger partial charge in [-0.3, -0.25) is 24.1 Å². The summed E-state index contributed by atoms with van der Waals surface area (Å²) in [5.41, 5.74) is -1.65. The largest absolute Gasteiger partial charge is 0.507 e. The molecule has 3 aromatic rings. The van der Waals surface area contributed by atoms with Gasteiger partial charge in [0, 0.05) is 11.5 Å². The van der Waals surface area contributed by atoms with Crippen molar-refractivity contribution >= 4 is 70.8 Å². The number of aromatic hydroxyl groups is 1. The lowest BCUT2D eigenvalue weighted by Gasteiger charge is -2.50. The summed E-state index contributed by atoms with van der Waals surface area (Å²) >= 11 is 14.3. The Bertz CT molecular complexity index is 2160. The third kappa shape index (κ3) is 4.61. The van der Waals surface area contributed by atoms with Gasteiger partial charge in [0.25, 0.3) is 11.8 Å². The van der Waals surface area contributed by atoms with Crippen LogP contribution >= 0.6 is 23.2 Å². The third-order valence-corrected chi connectivity index (χ3v) is 11.9. The van der Waals surface area contributed by atoms with Gasteiger partial charge in [0.1, 0.15) is 11.4 Å². The lowest BCUT2D eigenvalue weighted by atomic mass is 9.56. The van der Waals surface area contributed by atoms with E-state index in [0.29, 0.717) is 0 Å². The lowest BCUT2D eigenvalue weighted by Crippen LogP contribution is -2.60. The number of benzene rings is 3. The second-order valence-electron chi connectivity index (χ2n) is 13.0. The van der Waals surface area contributed by atoms with Gasteiger partial charge in [0.2, 0.25) is 17.6 Å². The summed E-state index contributed by atoms with van der Waals surface area (Å²) in [7, 11) is -1.94. The highest BCUT2D eigenvalue weighted by atomic mass is 35.5. The van der Waals surface area contributed by atoms with Crippen molar-refractivity contribution in [2.24, 2.45) is 17.8 Å². The molecule has 0 aromatic heterocycles. The van der Waals surface area contributed by atoms with Gasteiger partial charge in [-0.15, -0.1) is 29.8 Å². The normalized spacial score (nSPS) is 28.1. The summed E-state index contributed by atoms with van der Waals surface area (Å²) in [6.07, 6.45) is 2.18. The van der Waals surface area contributed by atoms with Gasteiger partial charge in [0.05, 0.1) is 17.5 Å². The van der Waals surface area contributed by atoms with E-state index in [4.69, 9.17) is 23.2 Å². The summed E-state index contributed by atoms with van der Waals surface area (Å²) in [6, 6.07) is 9.65. The maximum atomic E-state index is 15.3. The Morgan fingerprint density at radius 3 is 2.13 bits per heavy atom. The average Bonchev–Trinajstić information content (AvgIpc) is 3.46. The average molecular weight is 761 g/mol. The number of phenolic OH excluding ortho intramolecular Hbond substituents is 1. The fourth-order valence-electron chi connectivity index (χ4n) is 8.16. The molecule has 2 saturated heterocycles. The molecule has 1 saturated carbocycles. The molecule has 2 heterocycles. The second-order valence-corrected chi connectivity index (χ2v) is 14.3. The molecule has 7 rings (SSSR count). The Balaban J connectivity index is 1.44. The van der Waals surface area contributed by atoms with Crippen LogP contribution in [0.2, 0.25) is 0 Å². The Hall–Kier alpha value is -4.57. The number of imide groups is 2. The van der Waals surface area contributed by atoms with E-state index in [0.717, 1.165) is 4.90 Å². The molecule has 268 valence electrons. The first kappa shape index (κ1) is 35.8. The molecule has 0 bridgehead atoms. The zero-order valence-electron chi connectivity index (χ0n) is 26.4. The fraction of sp³-hybridized carbons (Fsp3) is 0.257. The van der Waals surface area contributed by atoms with E-state index in [9.17, 15) is 47.5 Å². The fourth-order valence-corrected chi connectivity index (χ4v) is 9.08. The first-order chi connectivity index (χ1) is 24.5. The summed E-state index contributed by atoms with van der Waals surface area (Å²) < 4.78 is 73.5. The molecule has 3 N–H and O–H groups in total. The molecule has 6 atom stereocenters. The van der Waals surface area contributed by atoms with Gasteiger partial charge in [-0.2, -0.15) is 0 Å². The number of alkyl halides is 2. The number of fused-ring (bicyclic) bond motifs is 4. The zero-order valence-corrected chi connectivity index (χ0v) is 27.9. The van der Waals surface area contributed by atoms with Crippen LogP contribution in [0.15, 0.2) is 66.8 Å². The molecule has 4 aliphatic rings. The summed E-state index contributed by atoms with van der Waals surface area (Å²) in [5, 5.41) is 30.9. The summed E-state index contributed by atoms with van der Waals surface area (Å²) in [5.74, 6) is -23.0. The molecule has 0 spiro atoms. The Morgan fingerprint density at radius 2 is 1.50 bits per heavy atom. The number of hydrogen-bond donors (Lipinski definition) is 3. The van der Waals surface area contributed by atoms with Crippen molar-refractivity contribution in [3.63, 3.8) is 0 Å². The summed E-state index contributed by atoms with van der Waals surface area (Å²) in [4.78, 5) is 51.9. The number of carbonyl (C=O) groups excluding carboxylic acids is 4. The van der Waals surface area contributed by atoms with Gasteiger partial charge >= 0.3 is 7.12 Å². The van der Waals surface area contributed by atoms with Crippen LogP contribution in [0.5, 0.6) is 5.75 Å². The van der Waals surface area contributed by atoms with Crippen LogP contribution in [0.1, 0.15) is 29.9 Å². The third-order valence-electron chi connectivity index (χ3n) is 10.5. The molecule has 2 aliphatic carbocycles. The highest BCUT2D eigenvalue weighted by Gasteiger charge is 2.77. The maximum absolute atomic E-state index is 15.3. The van der Waals surface area contributed by atoms with Gasteiger partial charge in [0.15, 0.2) is 33.0 Å². The quantitative estimate of drug-likeness (QED) is 0.0651. The van der Waals surface area contributed by atoms with Crippen molar-refractivity contribution in [1.82, 2.24) is 0 Å². The number of carbonyl (C=O) groups is 4. The van der Waals surface area contributed by atoms with E-state index in [1.54, 1.807) is 0 Å². The number of nitrogens with zero attached hydrogens (tertiary/aromatic N) is 2. The Labute approximate surface area is 301 Å². The standard InChI is InChI=1S/C35H24BCl2F5N2O7/c1-2-5-14-6-3-9-19(29(14)46)22-17-10-11-18-21(31(48)44(30(18)47)16-8-4-7-15(12-16)36(51)52)20(17)13-34(37)32(49)45(33(50)35(22,34)38)28-26(42)24(40)23(39)25(41)27(28)43/h2-4,6-10,12,18,20-22,46,51-52H,1,5,11,13H2. The minimum Gasteiger partial charge on any atom is -0.507 e. The van der Waals surface area contributed by atoms with E-state index in [2.05, 4.69) is 6.58 Å². The Kier molecular flexibility index (Phi) is 8.44. The highest BCUT2D eigenvalue weighted by Crippen LogP contribution is 2.67. The molecule has 9 nitrogen and oxygen atoms in total. The first-order valence-corrected chi connectivity index (χ1v) is 16.5. The van der Waals surface area contributed by atoms with Crippen LogP contribution in [-0.4, -0.2) is 55.7 Å². The van der Waals surface area contributed by atoms with E-state index < -0.39 is 111 Å². The summed E-state index contributed by atoms with van der Waals surface area (Å²) in [6.45, 7) is 3.65. The van der Waals surface area contributed by atoms with Crippen LogP contribution in [0.3, 0.4) is 0 Å². The van der Waals surface area contributed by atoms with Gasteiger partial charge in [-0.1, -0.05) is 48.1 Å². The number of para-hydroxylation sites is 1. The van der Waals surface area contributed by atoms with Crippen molar-refractivity contribution in [3.8, 4) is 5.75 Å². The molecular formula is C35H24BCl2F5N2O7. The monoisotopic (exact) mass is 760 g/mol. The van der Waals surface area contributed by atoms with E-state index >= 15 is 8.78 Å². The van der Waals surface area contributed by atoms with E-state index in [1.807, 2.05) is 0 Å². The molecule has 17 heteroatoms. The molecule has 0 radical (unpaired) electrons. The predicted molar refractivity (Wildman–Crippen MR) is 177 cm³/mol. The van der Waals surface area contributed by atoms with Gasteiger partial charge < -0.3 is 15.2 Å². The van der Waals surface area contributed by atoms with Crippen molar-refractivity contribution in [3.05, 3.63) is 107 Å². The molecule has 6 unspecified atom stereocenters. The predicted octanol–water partition coefficient (Wildman–Crippen LogP) is 4.26. The SMILES string of the molecule is C=CCc1cccc(C2C3=CCC4C(=O)N(c5cccc(B(O)O)c5)C(=O)C4C3CC3(Cl)C(=O)N(c4c(F)c(F)c(F)c(F)c4F)C(=O)C23Cl)c1O. The van der Waals surface area contributed by atoms with Crippen LogP contribution < -0.4 is 15.3 Å². The van der Waals surface area contributed by atoms with Gasteiger partial charge in [-0.05, 0) is 48.3 Å². The van der Waals surface area contributed by atoms with Crippen molar-refractivity contribution in [2.75, 3.05) is 9.80 Å². The lowest BCUT2D eigenvalue weighted by molar-refractivity contribution is -0.125. The number of hydrogen-bond acceptors (Lipinski definition) is 7. The van der Waals surface area contributed by atoms with E-state index in [1.165, 1.54) is 54.6 Å². The number of halogens is 7. The molecule has 4 amide bonds. The van der Waals surface area contributed by atoms with E-state index in [-0.39, 0.29) is 45.6 Å². The van der Waals surface area contributed by atoms with Crippen LogP contribution in [0, 0.1) is 46.8 Å². The number of amides is 4. The number of rotatable bonds is 6. The first-order valence-electron chi connectivity index (χ1n) is 15.8. The zero-order chi connectivity index (χ0) is 37.8. The topological polar surface area (TPSA) is 135 Å². The molecule has 2 aliphatic heterocycles. The molecule has 3 fully saturated rings.